The Kier molecular flexibility index (Phi) is 4.26. The average Bonchev–Trinajstić information content (AvgIpc) is 3.05. The van der Waals surface area contributed by atoms with Gasteiger partial charge in [-0.3, -0.25) is 9.59 Å². The largest absolute Gasteiger partial charge is 0.383 e. The van der Waals surface area contributed by atoms with Gasteiger partial charge >= 0.3 is 0 Å². The van der Waals surface area contributed by atoms with Crippen molar-refractivity contribution in [3.63, 3.8) is 0 Å². The lowest BCUT2D eigenvalue weighted by Crippen LogP contribution is -2.37. The molecule has 2 fully saturated rings. The molecule has 8 heteroatoms. The number of carbonyl (C=O) groups is 2. The van der Waals surface area contributed by atoms with Crippen LogP contribution in [0.1, 0.15) is 10.6 Å². The minimum atomic E-state index is -0.248. The fourth-order valence-corrected chi connectivity index (χ4v) is 3.17. The molecule has 0 radical (unpaired) electrons. The molecular weight excluding hydrogens is 308 g/mol. The molecule has 3 heterocycles. The van der Waals surface area contributed by atoms with Crippen molar-refractivity contribution in [2.24, 2.45) is 11.8 Å². The van der Waals surface area contributed by atoms with Gasteiger partial charge in [0.25, 0.3) is 5.91 Å². The summed E-state index contributed by atoms with van der Waals surface area (Å²) in [6, 6.07) is 0. The predicted octanol–water partition coefficient (Wildman–Crippen LogP) is 0.307. The van der Waals surface area contributed by atoms with E-state index < -0.39 is 0 Å². The number of fused-ring (bicyclic) bond motifs is 1. The fourth-order valence-electron chi connectivity index (χ4n) is 3.08. The normalized spacial score (nSPS) is 24.0. The second-order valence-corrected chi connectivity index (χ2v) is 6.02. The highest BCUT2D eigenvalue weighted by molar-refractivity contribution is 6.30. The molecule has 3 rings (SSSR count). The maximum absolute atomic E-state index is 12.4. The van der Waals surface area contributed by atoms with Crippen LogP contribution in [0.3, 0.4) is 0 Å². The van der Waals surface area contributed by atoms with Gasteiger partial charge in [-0.05, 0) is 0 Å². The number of nitrogens with zero attached hydrogens (tertiary/aromatic N) is 4. The van der Waals surface area contributed by atoms with Crippen LogP contribution in [0.5, 0.6) is 0 Å². The van der Waals surface area contributed by atoms with Gasteiger partial charge in [0.1, 0.15) is 0 Å². The third-order valence-corrected chi connectivity index (χ3v) is 4.38. The van der Waals surface area contributed by atoms with E-state index in [2.05, 4.69) is 9.97 Å². The zero-order valence-electron chi connectivity index (χ0n) is 12.2. The maximum atomic E-state index is 12.4. The molecule has 0 saturated carbocycles. The van der Waals surface area contributed by atoms with Crippen molar-refractivity contribution in [3.05, 3.63) is 23.2 Å². The topological polar surface area (TPSA) is 75.6 Å². The van der Waals surface area contributed by atoms with Crippen molar-refractivity contribution in [3.8, 4) is 0 Å². The fraction of sp³-hybridized carbons (Fsp3) is 0.571. The molecule has 0 aliphatic carbocycles. The summed E-state index contributed by atoms with van der Waals surface area (Å²) in [5, 5.41) is 0.388. The van der Waals surface area contributed by atoms with Gasteiger partial charge in [-0.25, -0.2) is 9.97 Å². The molecule has 0 bridgehead atoms. The Labute approximate surface area is 133 Å². The van der Waals surface area contributed by atoms with Gasteiger partial charge < -0.3 is 14.5 Å². The van der Waals surface area contributed by atoms with Crippen LogP contribution in [0.15, 0.2) is 12.4 Å². The van der Waals surface area contributed by atoms with Gasteiger partial charge in [-0.2, -0.15) is 0 Å². The third kappa shape index (κ3) is 2.78. The summed E-state index contributed by atoms with van der Waals surface area (Å²) >= 11 is 5.72. The van der Waals surface area contributed by atoms with Crippen LogP contribution >= 0.6 is 11.6 Å². The highest BCUT2D eigenvalue weighted by Crippen LogP contribution is 2.32. The van der Waals surface area contributed by atoms with Crippen LogP contribution in [0, 0.1) is 11.8 Å². The van der Waals surface area contributed by atoms with Crippen LogP contribution in [0.4, 0.5) is 0 Å². The summed E-state index contributed by atoms with van der Waals surface area (Å²) in [5.41, 5.74) is 0. The van der Waals surface area contributed by atoms with Crippen LogP contribution < -0.4 is 0 Å². The second kappa shape index (κ2) is 6.18. The predicted molar refractivity (Wildman–Crippen MR) is 78.4 cm³/mol. The Morgan fingerprint density at radius 3 is 2.73 bits per heavy atom. The second-order valence-electron chi connectivity index (χ2n) is 5.58. The number of halogens is 1. The van der Waals surface area contributed by atoms with Gasteiger partial charge in [0.2, 0.25) is 11.7 Å². The smallest absolute Gasteiger partial charge is 0.291 e. The summed E-state index contributed by atoms with van der Waals surface area (Å²) in [6.45, 7) is 2.81. The lowest BCUT2D eigenvalue weighted by atomic mass is 10.0. The van der Waals surface area contributed by atoms with E-state index in [1.807, 2.05) is 4.90 Å². The Morgan fingerprint density at radius 2 is 2.09 bits per heavy atom. The SMILES string of the molecule is COCCN1C[C@@H]2CN(C(=O)c3ncc(Cl)cn3)C[C@@H]2C1=O. The molecule has 7 nitrogen and oxygen atoms in total. The number of amides is 2. The summed E-state index contributed by atoms with van der Waals surface area (Å²) in [7, 11) is 1.62. The third-order valence-electron chi connectivity index (χ3n) is 4.19. The monoisotopic (exact) mass is 324 g/mol. The van der Waals surface area contributed by atoms with Crippen LogP contribution in [0.2, 0.25) is 5.02 Å². The molecule has 2 aliphatic heterocycles. The Hall–Kier alpha value is -1.73. The molecule has 2 aliphatic rings. The summed E-state index contributed by atoms with van der Waals surface area (Å²) < 4.78 is 5.02. The molecule has 0 N–H and O–H groups in total. The highest BCUT2D eigenvalue weighted by atomic mass is 35.5. The van der Waals surface area contributed by atoms with E-state index in [9.17, 15) is 9.59 Å². The zero-order valence-corrected chi connectivity index (χ0v) is 13.0. The van der Waals surface area contributed by atoms with Crippen LogP contribution in [-0.4, -0.2) is 71.5 Å². The first-order valence-corrected chi connectivity index (χ1v) is 7.52. The van der Waals surface area contributed by atoms with Gasteiger partial charge in [0, 0.05) is 51.6 Å². The van der Waals surface area contributed by atoms with E-state index in [1.54, 1.807) is 12.0 Å². The molecule has 22 heavy (non-hydrogen) atoms. The van der Waals surface area contributed by atoms with Crippen LogP contribution in [0.25, 0.3) is 0 Å². The quantitative estimate of drug-likeness (QED) is 0.796. The number of ether oxygens (including phenoxy) is 1. The minimum Gasteiger partial charge on any atom is -0.383 e. The van der Waals surface area contributed by atoms with E-state index in [-0.39, 0.29) is 29.5 Å². The van der Waals surface area contributed by atoms with E-state index in [0.717, 1.165) is 0 Å². The summed E-state index contributed by atoms with van der Waals surface area (Å²) in [4.78, 5) is 36.1. The molecule has 0 aromatic carbocycles. The Bertz CT molecular complexity index is 580. The number of hydrogen-bond donors (Lipinski definition) is 0. The summed E-state index contributed by atoms with van der Waals surface area (Å²) in [5.74, 6) is 0.0402. The van der Waals surface area contributed by atoms with E-state index in [0.29, 0.717) is 37.8 Å². The van der Waals surface area contributed by atoms with Crippen molar-refractivity contribution in [2.75, 3.05) is 39.9 Å². The Balaban J connectivity index is 1.63. The Morgan fingerprint density at radius 1 is 1.36 bits per heavy atom. The highest BCUT2D eigenvalue weighted by Gasteiger charge is 2.47. The number of hydrogen-bond acceptors (Lipinski definition) is 5. The van der Waals surface area contributed by atoms with E-state index >= 15 is 0 Å². The number of likely N-dealkylation sites (tertiary alicyclic amines) is 2. The first-order valence-electron chi connectivity index (χ1n) is 7.14. The van der Waals surface area contributed by atoms with Crippen molar-refractivity contribution in [1.82, 2.24) is 19.8 Å². The molecule has 118 valence electrons. The van der Waals surface area contributed by atoms with Gasteiger partial charge in [-0.15, -0.1) is 0 Å². The molecule has 0 spiro atoms. The lowest BCUT2D eigenvalue weighted by molar-refractivity contribution is -0.131. The maximum Gasteiger partial charge on any atom is 0.291 e. The van der Waals surface area contributed by atoms with Crippen molar-refractivity contribution in [2.45, 2.75) is 0 Å². The van der Waals surface area contributed by atoms with Crippen molar-refractivity contribution >= 4 is 23.4 Å². The van der Waals surface area contributed by atoms with Crippen molar-refractivity contribution in [1.29, 1.82) is 0 Å². The number of rotatable bonds is 4. The first kappa shape index (κ1) is 15.2. The standard InChI is InChI=1S/C14H17ClN4O3/c1-22-3-2-18-6-9-7-19(8-11(9)13(18)20)14(21)12-16-4-10(15)5-17-12/h4-5,9,11H,2-3,6-8H2,1H3/t9-,11+/m1/s1. The molecule has 1 aromatic rings. The minimum absolute atomic E-state index is 0.106. The molecule has 2 amide bonds. The molecule has 2 saturated heterocycles. The molecule has 2 atom stereocenters. The number of aromatic nitrogens is 2. The number of methoxy groups -OCH3 is 1. The average molecular weight is 325 g/mol. The number of carbonyl (C=O) groups excluding carboxylic acids is 2. The van der Waals surface area contributed by atoms with Gasteiger partial charge in [-0.1, -0.05) is 11.6 Å². The summed E-state index contributed by atoms with van der Waals surface area (Å²) in [6.07, 6.45) is 2.80. The van der Waals surface area contributed by atoms with Gasteiger partial charge in [0.15, 0.2) is 0 Å². The first-order chi connectivity index (χ1) is 10.6. The van der Waals surface area contributed by atoms with Gasteiger partial charge in [0.05, 0.1) is 17.5 Å². The zero-order chi connectivity index (χ0) is 15.7. The molecule has 1 aromatic heterocycles. The van der Waals surface area contributed by atoms with E-state index in [1.165, 1.54) is 12.4 Å². The lowest BCUT2D eigenvalue weighted by Gasteiger charge is -2.21. The molecular formula is C14H17ClN4O3. The van der Waals surface area contributed by atoms with Crippen molar-refractivity contribution < 1.29 is 14.3 Å². The van der Waals surface area contributed by atoms with Crippen LogP contribution in [-0.2, 0) is 9.53 Å². The van der Waals surface area contributed by atoms with E-state index in [4.69, 9.17) is 16.3 Å². The molecule has 0 unspecified atom stereocenters.